The van der Waals surface area contributed by atoms with Crippen molar-refractivity contribution in [1.29, 1.82) is 5.41 Å². The zero-order chi connectivity index (χ0) is 34.5. The number of amides is 2. The number of aryl methyl sites for hydroxylation is 1. The van der Waals surface area contributed by atoms with E-state index in [9.17, 15) is 23.2 Å². The van der Waals surface area contributed by atoms with Crippen LogP contribution in [0, 0.1) is 5.41 Å². The van der Waals surface area contributed by atoms with Crippen LogP contribution in [0.1, 0.15) is 60.8 Å². The molecule has 2 heterocycles. The summed E-state index contributed by atoms with van der Waals surface area (Å²) in [6, 6.07) is 17.4. The molecule has 2 aromatic heterocycles. The molecular formula is C34H39F2N7O5. The molecule has 0 radical (unpaired) electrons. The van der Waals surface area contributed by atoms with E-state index in [1.807, 2.05) is 17.7 Å². The lowest BCUT2D eigenvalue weighted by atomic mass is 10.1. The number of fused-ring (bicyclic) bond motifs is 1. The van der Waals surface area contributed by atoms with Crippen molar-refractivity contribution in [3.63, 3.8) is 0 Å². The van der Waals surface area contributed by atoms with Gasteiger partial charge in [0.25, 0.3) is 5.91 Å². The van der Waals surface area contributed by atoms with Crippen molar-refractivity contribution in [2.75, 3.05) is 30.0 Å². The van der Waals surface area contributed by atoms with E-state index in [2.05, 4.69) is 15.6 Å². The number of benzene rings is 2. The molecule has 48 heavy (non-hydrogen) atoms. The number of anilines is 2. The summed E-state index contributed by atoms with van der Waals surface area (Å²) < 4.78 is 36.3. The van der Waals surface area contributed by atoms with Crippen LogP contribution in [0.2, 0.25) is 0 Å². The number of esters is 1. The summed E-state index contributed by atoms with van der Waals surface area (Å²) in [5, 5.41) is 13.8. The standard InChI is InChI=1S/C34H39F2N7O5/c1-3-47-31(44)17-19-43(29-10-6-7-18-38-29)33(45)24-13-16-27-26(21-24)40-30(42(27)2)22-39-25-14-11-23(12-15-25)32(37)41-34(46)48-20-8-4-5-9-28(35)36/h6-7,10-16,18,21,28,39H,3-5,8-9,17,19-20,22H2,1-2H3,(H2,37,41,46). The van der Waals surface area contributed by atoms with E-state index in [-0.39, 0.29) is 44.3 Å². The van der Waals surface area contributed by atoms with E-state index >= 15 is 0 Å². The highest BCUT2D eigenvalue weighted by Gasteiger charge is 2.21. The first-order chi connectivity index (χ1) is 23.2. The van der Waals surface area contributed by atoms with Crippen molar-refractivity contribution in [1.82, 2.24) is 19.9 Å². The number of hydrogen-bond acceptors (Lipinski definition) is 9. The van der Waals surface area contributed by atoms with Crippen LogP contribution in [0.25, 0.3) is 11.0 Å². The number of alkyl carbamates (subject to hydrolysis) is 1. The Kier molecular flexibility index (Phi) is 12.9. The number of carbonyl (C=O) groups is 3. The van der Waals surface area contributed by atoms with Gasteiger partial charge in [-0.25, -0.2) is 23.5 Å². The zero-order valence-corrected chi connectivity index (χ0v) is 26.9. The molecule has 2 aromatic carbocycles. The second-order valence-electron chi connectivity index (χ2n) is 10.8. The Labute approximate surface area is 277 Å². The number of carbonyl (C=O) groups excluding carboxylic acids is 3. The van der Waals surface area contributed by atoms with Crippen LogP contribution in [0.5, 0.6) is 0 Å². The van der Waals surface area contributed by atoms with Crippen LogP contribution in [-0.2, 0) is 27.9 Å². The predicted octanol–water partition coefficient (Wildman–Crippen LogP) is 6.06. The Morgan fingerprint density at radius 2 is 1.77 bits per heavy atom. The SMILES string of the molecule is CCOC(=O)CCN(C(=O)c1ccc2c(c1)nc(CNc1ccc(C(=N)NC(=O)OCCCCCC(F)F)cc1)n2C)c1ccccn1. The van der Waals surface area contributed by atoms with Crippen LogP contribution < -0.4 is 15.5 Å². The van der Waals surface area contributed by atoms with E-state index in [4.69, 9.17) is 19.9 Å². The number of hydrogen-bond donors (Lipinski definition) is 3. The number of unbranched alkanes of at least 4 members (excludes halogenated alkanes) is 2. The molecule has 0 saturated heterocycles. The number of nitrogens with zero attached hydrogens (tertiary/aromatic N) is 4. The fourth-order valence-corrected chi connectivity index (χ4v) is 4.85. The Morgan fingerprint density at radius 1 is 1.00 bits per heavy atom. The monoisotopic (exact) mass is 663 g/mol. The fraction of sp³-hybridized carbons (Fsp3) is 0.353. The second-order valence-corrected chi connectivity index (χ2v) is 10.8. The number of imidazole rings is 1. The van der Waals surface area contributed by atoms with Gasteiger partial charge in [0.1, 0.15) is 17.5 Å². The smallest absolute Gasteiger partial charge is 0.412 e. The van der Waals surface area contributed by atoms with E-state index < -0.39 is 18.5 Å². The number of nitrogens with one attached hydrogen (secondary N) is 3. The molecule has 4 rings (SSSR count). The Morgan fingerprint density at radius 3 is 2.48 bits per heavy atom. The molecule has 0 aliphatic heterocycles. The summed E-state index contributed by atoms with van der Waals surface area (Å²) in [5.74, 6) is 0.290. The largest absolute Gasteiger partial charge is 0.466 e. The normalized spacial score (nSPS) is 10.9. The highest BCUT2D eigenvalue weighted by Crippen LogP contribution is 2.21. The number of alkyl halides is 2. The maximum absolute atomic E-state index is 13.6. The molecule has 3 N–H and O–H groups in total. The Balaban J connectivity index is 1.34. The third kappa shape index (κ3) is 10.0. The number of halogens is 2. The van der Waals surface area contributed by atoms with E-state index in [1.165, 1.54) is 4.90 Å². The molecule has 12 nitrogen and oxygen atoms in total. The number of amidine groups is 1. The van der Waals surface area contributed by atoms with Gasteiger partial charge in [0.2, 0.25) is 6.43 Å². The molecule has 0 saturated carbocycles. The van der Waals surface area contributed by atoms with Crippen molar-refractivity contribution in [3.8, 4) is 0 Å². The number of pyridine rings is 1. The minimum absolute atomic E-state index is 0.0256. The average Bonchev–Trinajstić information content (AvgIpc) is 3.40. The second kappa shape index (κ2) is 17.5. The first-order valence-corrected chi connectivity index (χ1v) is 15.6. The highest BCUT2D eigenvalue weighted by atomic mass is 19.3. The fourth-order valence-electron chi connectivity index (χ4n) is 4.85. The van der Waals surface area contributed by atoms with Gasteiger partial charge in [-0.15, -0.1) is 0 Å². The highest BCUT2D eigenvalue weighted by molar-refractivity contribution is 6.07. The van der Waals surface area contributed by atoms with Gasteiger partial charge in [-0.2, -0.15) is 0 Å². The summed E-state index contributed by atoms with van der Waals surface area (Å²) in [6.07, 6.45) is -0.289. The number of ether oxygens (including phenoxy) is 2. The van der Waals surface area contributed by atoms with Gasteiger partial charge in [-0.3, -0.25) is 25.2 Å². The van der Waals surface area contributed by atoms with Crippen molar-refractivity contribution in [3.05, 3.63) is 83.8 Å². The molecule has 0 fully saturated rings. The number of rotatable bonds is 16. The number of aromatic nitrogens is 3. The Hall–Kier alpha value is -5.40. The minimum atomic E-state index is -2.33. The van der Waals surface area contributed by atoms with Gasteiger partial charge in [0.05, 0.1) is 37.2 Å². The first kappa shape index (κ1) is 35.5. The third-order valence-electron chi connectivity index (χ3n) is 7.39. The van der Waals surface area contributed by atoms with Gasteiger partial charge in [-0.1, -0.05) is 6.07 Å². The van der Waals surface area contributed by atoms with E-state index in [1.54, 1.807) is 67.7 Å². The lowest BCUT2D eigenvalue weighted by Gasteiger charge is -2.21. The molecular weight excluding hydrogens is 624 g/mol. The molecule has 14 heteroatoms. The molecule has 0 spiro atoms. The van der Waals surface area contributed by atoms with Crippen molar-refractivity contribution >= 4 is 46.3 Å². The lowest BCUT2D eigenvalue weighted by molar-refractivity contribution is -0.142. The summed E-state index contributed by atoms with van der Waals surface area (Å²) >= 11 is 0. The topological polar surface area (TPSA) is 152 Å². The zero-order valence-electron chi connectivity index (χ0n) is 26.9. The van der Waals surface area contributed by atoms with Crippen molar-refractivity contribution in [2.24, 2.45) is 7.05 Å². The summed E-state index contributed by atoms with van der Waals surface area (Å²) in [7, 11) is 1.88. The summed E-state index contributed by atoms with van der Waals surface area (Å²) in [4.78, 5) is 48.1. The molecule has 0 aliphatic carbocycles. The summed E-state index contributed by atoms with van der Waals surface area (Å²) in [5.41, 5.74) is 3.08. The van der Waals surface area contributed by atoms with Crippen LogP contribution in [0.4, 0.5) is 25.1 Å². The maximum atomic E-state index is 13.6. The van der Waals surface area contributed by atoms with E-state index in [0.717, 1.165) is 11.2 Å². The third-order valence-corrected chi connectivity index (χ3v) is 7.39. The van der Waals surface area contributed by atoms with Gasteiger partial charge in [-0.05, 0) is 80.8 Å². The first-order valence-electron chi connectivity index (χ1n) is 15.6. The molecule has 0 aliphatic rings. The molecule has 0 unspecified atom stereocenters. The van der Waals surface area contributed by atoms with E-state index in [0.29, 0.717) is 54.1 Å². The summed E-state index contributed by atoms with van der Waals surface area (Å²) in [6.45, 7) is 2.55. The molecule has 0 atom stereocenters. The minimum Gasteiger partial charge on any atom is -0.466 e. The van der Waals surface area contributed by atoms with Gasteiger partial charge in [0.15, 0.2) is 0 Å². The molecule has 4 aromatic rings. The Bertz CT molecular complexity index is 1700. The molecule has 2 amide bonds. The van der Waals surface area contributed by atoms with Crippen LogP contribution >= 0.6 is 0 Å². The van der Waals surface area contributed by atoms with Crippen molar-refractivity contribution < 1.29 is 32.6 Å². The van der Waals surface area contributed by atoms with Crippen LogP contribution in [0.15, 0.2) is 66.9 Å². The average molecular weight is 664 g/mol. The van der Waals surface area contributed by atoms with Gasteiger partial charge in [0, 0.05) is 43.0 Å². The van der Waals surface area contributed by atoms with Crippen LogP contribution in [0.3, 0.4) is 0 Å². The predicted molar refractivity (Wildman–Crippen MR) is 177 cm³/mol. The van der Waals surface area contributed by atoms with Gasteiger partial charge >= 0.3 is 12.1 Å². The van der Waals surface area contributed by atoms with Crippen molar-refractivity contribution in [2.45, 2.75) is 52.0 Å². The van der Waals surface area contributed by atoms with Crippen LogP contribution in [-0.4, -0.2) is 64.5 Å². The molecule has 254 valence electrons. The quantitative estimate of drug-likeness (QED) is 0.0567. The van der Waals surface area contributed by atoms with Gasteiger partial charge < -0.3 is 19.4 Å². The maximum Gasteiger partial charge on any atom is 0.412 e. The lowest BCUT2D eigenvalue weighted by Crippen LogP contribution is -2.34. The molecule has 0 bridgehead atoms.